The van der Waals surface area contributed by atoms with Gasteiger partial charge in [0.2, 0.25) is 0 Å². The van der Waals surface area contributed by atoms with E-state index in [9.17, 15) is 9.59 Å². The van der Waals surface area contributed by atoms with Gasteiger partial charge >= 0.3 is 0 Å². The average Bonchev–Trinajstić information content (AvgIpc) is 2.42. The Balaban J connectivity index is 2.78. The maximum atomic E-state index is 11.8. The van der Waals surface area contributed by atoms with E-state index in [1.165, 1.54) is 0 Å². The maximum absolute atomic E-state index is 11.8. The molecule has 0 atom stereocenters. The Hall–Kier alpha value is -1.96. The third-order valence-corrected chi connectivity index (χ3v) is 2.66. The molecular formula is C16H18O2. The summed E-state index contributed by atoms with van der Waals surface area (Å²) in [6.07, 6.45) is 5.64. The second kappa shape index (κ2) is 7.38. The summed E-state index contributed by atoms with van der Waals surface area (Å²) in [4.78, 5) is 23.6. The fourth-order valence-corrected chi connectivity index (χ4v) is 1.62. The summed E-state index contributed by atoms with van der Waals surface area (Å²) >= 11 is 0. The molecule has 0 fully saturated rings. The van der Waals surface area contributed by atoms with Crippen molar-refractivity contribution in [2.45, 2.75) is 25.7 Å². The summed E-state index contributed by atoms with van der Waals surface area (Å²) in [5, 5.41) is 0. The molecule has 18 heavy (non-hydrogen) atoms. The van der Waals surface area contributed by atoms with Gasteiger partial charge in [0.25, 0.3) is 0 Å². The predicted octanol–water partition coefficient (Wildman–Crippen LogP) is 3.98. The van der Waals surface area contributed by atoms with E-state index < -0.39 is 0 Å². The molecule has 0 aliphatic carbocycles. The van der Waals surface area contributed by atoms with Crippen LogP contribution in [0.1, 0.15) is 46.4 Å². The molecule has 0 unspecified atom stereocenters. The Morgan fingerprint density at radius 2 is 1.39 bits per heavy atom. The number of carbonyl (C=O) groups is 2. The minimum Gasteiger partial charge on any atom is -0.294 e. The van der Waals surface area contributed by atoms with E-state index in [-0.39, 0.29) is 11.6 Å². The van der Waals surface area contributed by atoms with Gasteiger partial charge in [-0.2, -0.15) is 0 Å². The van der Waals surface area contributed by atoms with Gasteiger partial charge in [0, 0.05) is 24.0 Å². The van der Waals surface area contributed by atoms with Gasteiger partial charge in [-0.15, -0.1) is 13.2 Å². The second-order valence-electron chi connectivity index (χ2n) is 4.08. The molecular weight excluding hydrogens is 224 g/mol. The van der Waals surface area contributed by atoms with Crippen LogP contribution in [0.3, 0.4) is 0 Å². The van der Waals surface area contributed by atoms with Crippen molar-refractivity contribution in [3.05, 3.63) is 60.7 Å². The largest absolute Gasteiger partial charge is 0.294 e. The maximum Gasteiger partial charge on any atom is 0.163 e. The van der Waals surface area contributed by atoms with Crippen LogP contribution in [0.15, 0.2) is 49.6 Å². The predicted molar refractivity (Wildman–Crippen MR) is 74.0 cm³/mol. The molecule has 94 valence electrons. The Morgan fingerprint density at radius 3 is 1.78 bits per heavy atom. The SMILES string of the molecule is C=CCCC(=O)c1cccc(C(=O)CCC=C)c1. The lowest BCUT2D eigenvalue weighted by molar-refractivity contribution is 0.0983. The van der Waals surface area contributed by atoms with Crippen LogP contribution >= 0.6 is 0 Å². The molecule has 0 aromatic heterocycles. The summed E-state index contributed by atoms with van der Waals surface area (Å²) in [7, 11) is 0. The van der Waals surface area contributed by atoms with Crippen molar-refractivity contribution in [2.24, 2.45) is 0 Å². The zero-order valence-electron chi connectivity index (χ0n) is 10.5. The van der Waals surface area contributed by atoms with Crippen LogP contribution in [0.4, 0.5) is 0 Å². The molecule has 0 radical (unpaired) electrons. The normalized spacial score (nSPS) is 9.78. The molecule has 0 heterocycles. The molecule has 0 amide bonds. The lowest BCUT2D eigenvalue weighted by atomic mass is 10.0. The number of ketones is 2. The lowest BCUT2D eigenvalue weighted by Crippen LogP contribution is -2.03. The molecule has 0 saturated carbocycles. The molecule has 0 spiro atoms. The van der Waals surface area contributed by atoms with Gasteiger partial charge in [-0.1, -0.05) is 30.4 Å². The van der Waals surface area contributed by atoms with Crippen LogP contribution in [0.5, 0.6) is 0 Å². The summed E-state index contributed by atoms with van der Waals surface area (Å²) in [5.74, 6) is 0.0986. The van der Waals surface area contributed by atoms with Crippen molar-refractivity contribution in [1.82, 2.24) is 0 Å². The van der Waals surface area contributed by atoms with Gasteiger partial charge in [-0.05, 0) is 18.9 Å². The molecule has 2 heteroatoms. The molecule has 0 saturated heterocycles. The van der Waals surface area contributed by atoms with Crippen molar-refractivity contribution in [1.29, 1.82) is 0 Å². The highest BCUT2D eigenvalue weighted by atomic mass is 16.1. The first-order valence-electron chi connectivity index (χ1n) is 6.07. The third-order valence-electron chi connectivity index (χ3n) is 2.66. The first-order valence-corrected chi connectivity index (χ1v) is 6.07. The molecule has 0 bridgehead atoms. The number of rotatable bonds is 8. The van der Waals surface area contributed by atoms with Crippen molar-refractivity contribution in [3.63, 3.8) is 0 Å². The van der Waals surface area contributed by atoms with E-state index in [2.05, 4.69) is 13.2 Å². The summed E-state index contributed by atoms with van der Waals surface area (Å²) in [6.45, 7) is 7.18. The fraction of sp³-hybridized carbons (Fsp3) is 0.250. The molecule has 1 aromatic carbocycles. The van der Waals surface area contributed by atoms with Gasteiger partial charge < -0.3 is 0 Å². The highest BCUT2D eigenvalue weighted by Crippen LogP contribution is 2.12. The van der Waals surface area contributed by atoms with E-state index in [4.69, 9.17) is 0 Å². The molecule has 1 rings (SSSR count). The third kappa shape index (κ3) is 4.13. The van der Waals surface area contributed by atoms with Gasteiger partial charge in [0.15, 0.2) is 11.6 Å². The number of carbonyl (C=O) groups excluding carboxylic acids is 2. The first kappa shape index (κ1) is 14.1. The van der Waals surface area contributed by atoms with Crippen LogP contribution in [-0.4, -0.2) is 11.6 Å². The van der Waals surface area contributed by atoms with Gasteiger partial charge in [-0.25, -0.2) is 0 Å². The second-order valence-corrected chi connectivity index (χ2v) is 4.08. The number of hydrogen-bond acceptors (Lipinski definition) is 2. The van der Waals surface area contributed by atoms with E-state index in [0.717, 1.165) is 0 Å². The molecule has 2 nitrogen and oxygen atoms in total. The van der Waals surface area contributed by atoms with E-state index in [1.54, 1.807) is 36.4 Å². The highest BCUT2D eigenvalue weighted by Gasteiger charge is 2.09. The smallest absolute Gasteiger partial charge is 0.163 e. The van der Waals surface area contributed by atoms with E-state index in [1.807, 2.05) is 0 Å². The lowest BCUT2D eigenvalue weighted by Gasteiger charge is -2.03. The quantitative estimate of drug-likeness (QED) is 0.510. The van der Waals surface area contributed by atoms with Crippen LogP contribution in [0, 0.1) is 0 Å². The van der Waals surface area contributed by atoms with Crippen molar-refractivity contribution < 1.29 is 9.59 Å². The number of allylic oxidation sites excluding steroid dienone is 2. The summed E-state index contributed by atoms with van der Waals surface area (Å²) in [6, 6.07) is 6.92. The highest BCUT2D eigenvalue weighted by molar-refractivity contribution is 6.01. The van der Waals surface area contributed by atoms with Crippen molar-refractivity contribution >= 4 is 11.6 Å². The number of hydrogen-bond donors (Lipinski definition) is 0. The fourth-order valence-electron chi connectivity index (χ4n) is 1.62. The van der Waals surface area contributed by atoms with Crippen molar-refractivity contribution in [3.8, 4) is 0 Å². The molecule has 0 N–H and O–H groups in total. The monoisotopic (exact) mass is 242 g/mol. The van der Waals surface area contributed by atoms with Crippen LogP contribution in [0.25, 0.3) is 0 Å². The van der Waals surface area contributed by atoms with Gasteiger partial charge in [-0.3, -0.25) is 9.59 Å². The Morgan fingerprint density at radius 1 is 0.944 bits per heavy atom. The molecule has 0 aliphatic heterocycles. The molecule has 0 aliphatic rings. The van der Waals surface area contributed by atoms with Crippen molar-refractivity contribution in [2.75, 3.05) is 0 Å². The summed E-state index contributed by atoms with van der Waals surface area (Å²) in [5.41, 5.74) is 1.20. The average molecular weight is 242 g/mol. The molecule has 1 aromatic rings. The number of benzene rings is 1. The Kier molecular flexibility index (Phi) is 5.78. The summed E-state index contributed by atoms with van der Waals surface area (Å²) < 4.78 is 0. The zero-order valence-corrected chi connectivity index (χ0v) is 10.5. The standard InChI is InChI=1S/C16H18O2/c1-3-5-10-15(17)13-8-7-9-14(12-13)16(18)11-6-4-2/h3-4,7-9,12H,1-2,5-6,10-11H2. The van der Waals surface area contributed by atoms with Crippen LogP contribution < -0.4 is 0 Å². The van der Waals surface area contributed by atoms with E-state index >= 15 is 0 Å². The zero-order chi connectivity index (χ0) is 13.4. The Labute approximate surface area is 108 Å². The van der Waals surface area contributed by atoms with Gasteiger partial charge in [0.05, 0.1) is 0 Å². The van der Waals surface area contributed by atoms with Gasteiger partial charge in [0.1, 0.15) is 0 Å². The van der Waals surface area contributed by atoms with Crippen LogP contribution in [-0.2, 0) is 0 Å². The van der Waals surface area contributed by atoms with E-state index in [0.29, 0.717) is 36.8 Å². The Bertz CT molecular complexity index is 419. The minimum absolute atomic E-state index is 0.0493. The minimum atomic E-state index is 0.0493. The number of Topliss-reactive ketones (excluding diaryl/α,β-unsaturated/α-hetero) is 2. The topological polar surface area (TPSA) is 34.1 Å². The van der Waals surface area contributed by atoms with Crippen LogP contribution in [0.2, 0.25) is 0 Å². The first-order chi connectivity index (χ1) is 8.69.